The molecule has 1 aromatic heterocycles. The van der Waals surface area contributed by atoms with Crippen molar-refractivity contribution in [3.8, 4) is 11.3 Å². The van der Waals surface area contributed by atoms with Gasteiger partial charge in [-0.05, 0) is 35.4 Å². The van der Waals surface area contributed by atoms with Gasteiger partial charge in [-0.1, -0.05) is 54.8 Å². The van der Waals surface area contributed by atoms with Gasteiger partial charge in [-0.15, -0.1) is 0 Å². The molecular weight excluding hydrogens is 397 g/mol. The lowest BCUT2D eigenvalue weighted by Gasteiger charge is -2.21. The van der Waals surface area contributed by atoms with Crippen LogP contribution in [0.15, 0.2) is 30.3 Å². The summed E-state index contributed by atoms with van der Waals surface area (Å²) >= 11 is 8.57. The van der Waals surface area contributed by atoms with Crippen molar-refractivity contribution in [2.24, 2.45) is 0 Å². The predicted molar refractivity (Wildman–Crippen MR) is 95.9 cm³/mol. The fraction of sp³-hybridized carbons (Fsp3) is 0.375. The van der Waals surface area contributed by atoms with E-state index < -0.39 is 0 Å². The minimum Gasteiger partial charge on any atom is -0.341 e. The quantitative estimate of drug-likeness (QED) is 0.524. The number of aromatic nitrogens is 2. The summed E-state index contributed by atoms with van der Waals surface area (Å²) in [6.45, 7) is 2.04. The van der Waals surface area contributed by atoms with Gasteiger partial charge in [0.15, 0.2) is 0 Å². The second kappa shape index (κ2) is 6.92. The fourth-order valence-electron chi connectivity index (χ4n) is 2.61. The van der Waals surface area contributed by atoms with E-state index >= 15 is 0 Å². The summed E-state index contributed by atoms with van der Waals surface area (Å²) in [6.07, 6.45) is 4.99. The third kappa shape index (κ3) is 3.48. The van der Waals surface area contributed by atoms with Crippen molar-refractivity contribution in [1.82, 2.24) is 9.97 Å². The molecule has 0 atom stereocenters. The Hall–Kier alpha value is -0.880. The Morgan fingerprint density at radius 3 is 2.29 bits per heavy atom. The summed E-state index contributed by atoms with van der Waals surface area (Å²) in [5.74, 6) is 0.765. The van der Waals surface area contributed by atoms with E-state index in [1.165, 1.54) is 25.7 Å². The van der Waals surface area contributed by atoms with Crippen molar-refractivity contribution < 1.29 is 0 Å². The van der Waals surface area contributed by atoms with Crippen LogP contribution in [0.25, 0.3) is 11.3 Å². The van der Waals surface area contributed by atoms with Crippen LogP contribution in [0.1, 0.15) is 25.7 Å². The van der Waals surface area contributed by atoms with Crippen LogP contribution in [0, 0.1) is 3.57 Å². The average molecular weight is 414 g/mol. The lowest BCUT2D eigenvalue weighted by atomic mass is 10.1. The Balaban J connectivity index is 2.01. The topological polar surface area (TPSA) is 29.0 Å². The van der Waals surface area contributed by atoms with Gasteiger partial charge in [0.05, 0.1) is 9.26 Å². The lowest BCUT2D eigenvalue weighted by molar-refractivity contribution is 0.726. The standard InChI is InChI=1S/C16H17ClIN3/c17-15-13(18)14(12-8-4-3-5-9-12)19-16(20-15)21-10-6-1-2-7-11-21/h3-5,8-9H,1-2,6-7,10-11H2. The molecule has 110 valence electrons. The highest BCUT2D eigenvalue weighted by Gasteiger charge is 2.17. The van der Waals surface area contributed by atoms with Crippen LogP contribution < -0.4 is 4.90 Å². The van der Waals surface area contributed by atoms with E-state index in [9.17, 15) is 0 Å². The van der Waals surface area contributed by atoms with Crippen LogP contribution in [0.2, 0.25) is 5.15 Å². The summed E-state index contributed by atoms with van der Waals surface area (Å²) < 4.78 is 0.916. The molecule has 0 aliphatic carbocycles. The minimum atomic E-state index is 0.545. The van der Waals surface area contributed by atoms with Crippen molar-refractivity contribution in [2.75, 3.05) is 18.0 Å². The van der Waals surface area contributed by atoms with E-state index in [-0.39, 0.29) is 0 Å². The SMILES string of the molecule is Clc1nc(N2CCCCCC2)nc(-c2ccccc2)c1I. The molecule has 1 aromatic carbocycles. The molecule has 5 heteroatoms. The van der Waals surface area contributed by atoms with Crippen molar-refractivity contribution in [1.29, 1.82) is 0 Å². The Morgan fingerprint density at radius 2 is 1.62 bits per heavy atom. The highest BCUT2D eigenvalue weighted by atomic mass is 127. The highest BCUT2D eigenvalue weighted by molar-refractivity contribution is 14.1. The van der Waals surface area contributed by atoms with E-state index in [1.54, 1.807) is 0 Å². The molecule has 2 aromatic rings. The number of halogens is 2. The molecule has 0 spiro atoms. The summed E-state index contributed by atoms with van der Waals surface area (Å²) in [6, 6.07) is 10.2. The van der Waals surface area contributed by atoms with E-state index in [4.69, 9.17) is 16.6 Å². The van der Waals surface area contributed by atoms with Gasteiger partial charge >= 0.3 is 0 Å². The molecule has 2 heterocycles. The first-order valence-corrected chi connectivity index (χ1v) is 8.75. The van der Waals surface area contributed by atoms with Gasteiger partial charge in [0.1, 0.15) is 5.15 Å². The zero-order chi connectivity index (χ0) is 14.7. The first-order chi connectivity index (χ1) is 10.3. The molecule has 0 bridgehead atoms. The van der Waals surface area contributed by atoms with Crippen LogP contribution in [-0.2, 0) is 0 Å². The normalized spacial score (nSPS) is 15.8. The first kappa shape index (κ1) is 15.0. The van der Waals surface area contributed by atoms with Crippen molar-refractivity contribution >= 4 is 40.1 Å². The molecule has 1 saturated heterocycles. The molecule has 1 aliphatic rings. The third-order valence-corrected chi connectivity index (χ3v) is 5.35. The Morgan fingerprint density at radius 1 is 0.952 bits per heavy atom. The lowest BCUT2D eigenvalue weighted by Crippen LogP contribution is -2.26. The Kier molecular flexibility index (Phi) is 4.95. The molecule has 1 aliphatic heterocycles. The van der Waals surface area contributed by atoms with Crippen LogP contribution >= 0.6 is 34.2 Å². The predicted octanol–water partition coefficient (Wildman–Crippen LogP) is 4.78. The maximum Gasteiger partial charge on any atom is 0.227 e. The summed E-state index contributed by atoms with van der Waals surface area (Å²) in [5.41, 5.74) is 2.01. The zero-order valence-electron chi connectivity index (χ0n) is 11.7. The summed E-state index contributed by atoms with van der Waals surface area (Å²) in [5, 5.41) is 0.545. The van der Waals surface area contributed by atoms with Gasteiger partial charge in [-0.3, -0.25) is 0 Å². The molecule has 1 fully saturated rings. The summed E-state index contributed by atoms with van der Waals surface area (Å²) in [4.78, 5) is 11.6. The van der Waals surface area contributed by atoms with Gasteiger partial charge in [-0.2, -0.15) is 4.98 Å². The molecule has 0 radical (unpaired) electrons. The third-order valence-electron chi connectivity index (χ3n) is 3.74. The van der Waals surface area contributed by atoms with Gasteiger partial charge < -0.3 is 4.90 Å². The van der Waals surface area contributed by atoms with Gasteiger partial charge in [0, 0.05) is 18.7 Å². The van der Waals surface area contributed by atoms with E-state index in [2.05, 4.69) is 44.6 Å². The largest absolute Gasteiger partial charge is 0.341 e. The van der Waals surface area contributed by atoms with E-state index in [1.807, 2.05) is 18.2 Å². The second-order valence-corrected chi connectivity index (χ2v) is 6.68. The molecule has 0 amide bonds. The molecule has 0 unspecified atom stereocenters. The monoisotopic (exact) mass is 413 g/mol. The van der Waals surface area contributed by atoms with Crippen LogP contribution in [0.5, 0.6) is 0 Å². The Bertz CT molecular complexity index is 610. The van der Waals surface area contributed by atoms with Crippen LogP contribution in [-0.4, -0.2) is 23.1 Å². The molecule has 0 saturated carbocycles. The van der Waals surface area contributed by atoms with Crippen molar-refractivity contribution in [2.45, 2.75) is 25.7 Å². The van der Waals surface area contributed by atoms with Crippen LogP contribution in [0.4, 0.5) is 5.95 Å². The molecule has 0 N–H and O–H groups in total. The molecule has 3 rings (SSSR count). The maximum absolute atomic E-state index is 6.34. The minimum absolute atomic E-state index is 0.545. The number of hydrogen-bond donors (Lipinski definition) is 0. The average Bonchev–Trinajstić information content (AvgIpc) is 2.80. The van der Waals surface area contributed by atoms with Crippen molar-refractivity contribution in [3.63, 3.8) is 0 Å². The number of benzene rings is 1. The van der Waals surface area contributed by atoms with Crippen LogP contribution in [0.3, 0.4) is 0 Å². The highest BCUT2D eigenvalue weighted by Crippen LogP contribution is 2.30. The Labute approximate surface area is 143 Å². The zero-order valence-corrected chi connectivity index (χ0v) is 14.6. The maximum atomic E-state index is 6.34. The number of hydrogen-bond acceptors (Lipinski definition) is 3. The van der Waals surface area contributed by atoms with E-state index in [0.29, 0.717) is 5.15 Å². The van der Waals surface area contributed by atoms with Crippen molar-refractivity contribution in [3.05, 3.63) is 39.1 Å². The number of nitrogens with zero attached hydrogens (tertiary/aromatic N) is 3. The van der Waals surface area contributed by atoms with E-state index in [0.717, 1.165) is 33.9 Å². The molecule has 21 heavy (non-hydrogen) atoms. The molecular formula is C16H17ClIN3. The van der Waals surface area contributed by atoms with Gasteiger partial charge in [0.2, 0.25) is 5.95 Å². The first-order valence-electron chi connectivity index (χ1n) is 7.29. The summed E-state index contributed by atoms with van der Waals surface area (Å²) in [7, 11) is 0. The number of anilines is 1. The number of rotatable bonds is 2. The fourth-order valence-corrected chi connectivity index (χ4v) is 3.33. The molecule has 3 nitrogen and oxygen atoms in total. The van der Waals surface area contributed by atoms with Gasteiger partial charge in [-0.25, -0.2) is 4.98 Å². The van der Waals surface area contributed by atoms with Gasteiger partial charge in [0.25, 0.3) is 0 Å². The smallest absolute Gasteiger partial charge is 0.227 e. The second-order valence-electron chi connectivity index (χ2n) is 5.24.